The molecule has 2 aromatic rings. The first-order valence-electron chi connectivity index (χ1n) is 9.32. The number of hydrogen-bond acceptors (Lipinski definition) is 3. The molecule has 1 amide bonds. The van der Waals surface area contributed by atoms with Crippen molar-refractivity contribution in [1.82, 2.24) is 5.32 Å². The molecule has 0 saturated carbocycles. The van der Waals surface area contributed by atoms with Gasteiger partial charge in [-0.05, 0) is 29.5 Å². The molecule has 0 bridgehead atoms. The number of amides is 1. The van der Waals surface area contributed by atoms with Crippen molar-refractivity contribution in [3.63, 3.8) is 0 Å². The van der Waals surface area contributed by atoms with E-state index >= 15 is 0 Å². The monoisotopic (exact) mass is 375 g/mol. The van der Waals surface area contributed by atoms with Crippen LogP contribution in [0, 0.1) is 0 Å². The highest BCUT2D eigenvalue weighted by Gasteiger charge is 2.24. The molecule has 2 heterocycles. The second kappa shape index (κ2) is 9.71. The maximum atomic E-state index is 12.2. The topological polar surface area (TPSA) is 47.2 Å². The molecule has 6 heteroatoms. The molecular formula is C20H29N3O2S+2. The van der Waals surface area contributed by atoms with E-state index in [1.165, 1.54) is 9.78 Å². The van der Waals surface area contributed by atoms with Gasteiger partial charge in [-0.15, -0.1) is 11.3 Å². The molecule has 1 fully saturated rings. The summed E-state index contributed by atoms with van der Waals surface area (Å²) in [5.74, 6) is 1.04. The van der Waals surface area contributed by atoms with Crippen molar-refractivity contribution < 1.29 is 19.3 Å². The van der Waals surface area contributed by atoms with E-state index in [0.717, 1.165) is 50.5 Å². The fourth-order valence-electron chi connectivity index (χ4n) is 3.51. The van der Waals surface area contributed by atoms with Gasteiger partial charge in [0.05, 0.1) is 12.0 Å². The summed E-state index contributed by atoms with van der Waals surface area (Å²) in [5.41, 5.74) is 1.13. The zero-order chi connectivity index (χ0) is 18.2. The third kappa shape index (κ3) is 5.56. The Morgan fingerprint density at radius 2 is 1.88 bits per heavy atom. The molecule has 0 radical (unpaired) electrons. The van der Waals surface area contributed by atoms with E-state index in [9.17, 15) is 4.79 Å². The summed E-state index contributed by atoms with van der Waals surface area (Å²) >= 11 is 1.84. The normalized spacial score (nSPS) is 19.9. The van der Waals surface area contributed by atoms with Gasteiger partial charge in [0.25, 0.3) is 5.91 Å². The number of piperazine rings is 1. The summed E-state index contributed by atoms with van der Waals surface area (Å²) in [7, 11) is 1.68. The molecule has 1 aliphatic rings. The number of nitrogens with one attached hydrogen (secondary N) is 3. The van der Waals surface area contributed by atoms with Gasteiger partial charge in [-0.2, -0.15) is 0 Å². The van der Waals surface area contributed by atoms with Crippen LogP contribution < -0.4 is 19.9 Å². The van der Waals surface area contributed by atoms with Crippen LogP contribution >= 0.6 is 11.3 Å². The average molecular weight is 376 g/mol. The Balaban J connectivity index is 1.34. The minimum absolute atomic E-state index is 0.150. The Kier molecular flexibility index (Phi) is 7.05. The second-order valence-electron chi connectivity index (χ2n) is 6.84. The molecule has 1 aromatic heterocycles. The first-order chi connectivity index (χ1) is 12.7. The van der Waals surface area contributed by atoms with Gasteiger partial charge in [-0.1, -0.05) is 24.3 Å². The van der Waals surface area contributed by atoms with Crippen LogP contribution in [-0.4, -0.2) is 52.3 Å². The molecule has 1 aromatic carbocycles. The van der Waals surface area contributed by atoms with Gasteiger partial charge in [-0.25, -0.2) is 0 Å². The zero-order valence-electron chi connectivity index (χ0n) is 15.4. The van der Waals surface area contributed by atoms with Crippen molar-refractivity contribution in [2.75, 3.05) is 46.4 Å². The van der Waals surface area contributed by atoms with E-state index in [0.29, 0.717) is 13.1 Å². The highest BCUT2D eigenvalue weighted by atomic mass is 32.1. The first-order valence-corrected chi connectivity index (χ1v) is 10.2. The van der Waals surface area contributed by atoms with E-state index in [4.69, 9.17) is 4.74 Å². The summed E-state index contributed by atoms with van der Waals surface area (Å²) in [4.78, 5) is 16.7. The maximum Gasteiger partial charge on any atom is 0.275 e. The van der Waals surface area contributed by atoms with Crippen LogP contribution in [0.25, 0.3) is 0 Å². The highest BCUT2D eigenvalue weighted by Crippen LogP contribution is 2.17. The highest BCUT2D eigenvalue weighted by molar-refractivity contribution is 7.09. The predicted octanol–water partition coefficient (Wildman–Crippen LogP) is -0.601. The lowest BCUT2D eigenvalue weighted by Gasteiger charge is -2.29. The number of rotatable bonds is 8. The summed E-state index contributed by atoms with van der Waals surface area (Å²) in [6.45, 7) is 6.78. The minimum Gasteiger partial charge on any atom is -0.496 e. The average Bonchev–Trinajstić information content (AvgIpc) is 3.17. The fraction of sp³-hybridized carbons (Fsp3) is 0.450. The number of carbonyl (C=O) groups excluding carboxylic acids is 1. The van der Waals surface area contributed by atoms with Crippen LogP contribution in [0.1, 0.15) is 10.4 Å². The van der Waals surface area contributed by atoms with E-state index in [1.807, 2.05) is 35.6 Å². The molecule has 1 saturated heterocycles. The number of benzene rings is 1. The van der Waals surface area contributed by atoms with E-state index in [1.54, 1.807) is 12.0 Å². The van der Waals surface area contributed by atoms with Crippen molar-refractivity contribution >= 4 is 17.2 Å². The standard InChI is InChI=1S/C20H27N3O2S/c1-25-19-7-3-2-5-17(19)8-9-21-20(24)16-23-12-10-22(11-13-23)15-18-6-4-14-26-18/h2-7,14H,8-13,15-16H2,1H3,(H,21,24)/p+2. The number of ether oxygens (including phenoxy) is 1. The number of carbonyl (C=O) groups is 1. The van der Waals surface area contributed by atoms with Crippen LogP contribution in [0.5, 0.6) is 5.75 Å². The van der Waals surface area contributed by atoms with Crippen LogP contribution in [0.15, 0.2) is 41.8 Å². The quantitative estimate of drug-likeness (QED) is 0.577. The lowest BCUT2D eigenvalue weighted by Crippen LogP contribution is -3.28. The molecule has 140 valence electrons. The maximum absolute atomic E-state index is 12.2. The lowest BCUT2D eigenvalue weighted by atomic mass is 10.1. The number of methoxy groups -OCH3 is 1. The van der Waals surface area contributed by atoms with Gasteiger partial charge in [0.15, 0.2) is 6.54 Å². The molecule has 3 N–H and O–H groups in total. The molecule has 1 aliphatic heterocycles. The van der Waals surface area contributed by atoms with E-state index in [-0.39, 0.29) is 5.91 Å². The largest absolute Gasteiger partial charge is 0.496 e. The van der Waals surface area contributed by atoms with Gasteiger partial charge >= 0.3 is 0 Å². The van der Waals surface area contributed by atoms with Crippen LogP contribution in [0.4, 0.5) is 0 Å². The zero-order valence-corrected chi connectivity index (χ0v) is 16.2. The Morgan fingerprint density at radius 3 is 2.62 bits per heavy atom. The fourth-order valence-corrected chi connectivity index (χ4v) is 4.28. The summed E-state index contributed by atoms with van der Waals surface area (Å²) < 4.78 is 5.35. The van der Waals surface area contributed by atoms with Crippen LogP contribution in [-0.2, 0) is 17.8 Å². The van der Waals surface area contributed by atoms with Gasteiger partial charge in [0.2, 0.25) is 0 Å². The van der Waals surface area contributed by atoms with E-state index < -0.39 is 0 Å². The van der Waals surface area contributed by atoms with Crippen molar-refractivity contribution in [3.8, 4) is 5.75 Å². The summed E-state index contributed by atoms with van der Waals surface area (Å²) in [5, 5.41) is 5.20. The number of thiophene rings is 1. The number of hydrogen-bond donors (Lipinski definition) is 3. The van der Waals surface area contributed by atoms with E-state index in [2.05, 4.69) is 22.8 Å². The smallest absolute Gasteiger partial charge is 0.275 e. The number of para-hydroxylation sites is 1. The molecule has 0 aliphatic carbocycles. The third-order valence-electron chi connectivity index (χ3n) is 4.99. The first kappa shape index (κ1) is 18.9. The molecule has 0 unspecified atom stereocenters. The Bertz CT molecular complexity index is 682. The van der Waals surface area contributed by atoms with Crippen molar-refractivity contribution in [2.45, 2.75) is 13.0 Å². The number of quaternary nitrogens is 2. The van der Waals surface area contributed by atoms with Gasteiger partial charge in [0, 0.05) is 6.54 Å². The molecule has 0 atom stereocenters. The summed E-state index contributed by atoms with van der Waals surface area (Å²) in [6.07, 6.45) is 0.795. The minimum atomic E-state index is 0.150. The van der Waals surface area contributed by atoms with Crippen molar-refractivity contribution in [1.29, 1.82) is 0 Å². The Labute approximate surface area is 159 Å². The second-order valence-corrected chi connectivity index (χ2v) is 7.88. The molecule has 0 spiro atoms. The van der Waals surface area contributed by atoms with Gasteiger partial charge in [0.1, 0.15) is 38.5 Å². The Hall–Kier alpha value is -1.89. The SMILES string of the molecule is COc1ccccc1CCNC(=O)C[NH+]1CC[NH+](Cc2cccs2)CC1. The lowest BCUT2D eigenvalue weighted by molar-refractivity contribution is -1.01. The van der Waals surface area contributed by atoms with Crippen LogP contribution in [0.3, 0.4) is 0 Å². The van der Waals surface area contributed by atoms with Crippen molar-refractivity contribution in [3.05, 3.63) is 52.2 Å². The predicted molar refractivity (Wildman–Crippen MR) is 104 cm³/mol. The summed E-state index contributed by atoms with van der Waals surface area (Å²) in [6, 6.07) is 12.3. The Morgan fingerprint density at radius 1 is 1.12 bits per heavy atom. The molecular weight excluding hydrogens is 346 g/mol. The van der Waals surface area contributed by atoms with Gasteiger partial charge in [-0.3, -0.25) is 4.79 Å². The molecule has 3 rings (SSSR count). The molecule has 26 heavy (non-hydrogen) atoms. The molecule has 5 nitrogen and oxygen atoms in total. The third-order valence-corrected chi connectivity index (χ3v) is 5.86. The van der Waals surface area contributed by atoms with Crippen LogP contribution in [0.2, 0.25) is 0 Å². The van der Waals surface area contributed by atoms with Gasteiger partial charge < -0.3 is 19.9 Å². The van der Waals surface area contributed by atoms with Crippen molar-refractivity contribution in [2.24, 2.45) is 0 Å².